The van der Waals surface area contributed by atoms with Crippen LogP contribution in [0.25, 0.3) is 24.3 Å². The smallest absolute Gasteiger partial charge is 1.00 e. The van der Waals surface area contributed by atoms with Crippen molar-refractivity contribution in [1.82, 2.24) is 19.6 Å². The largest absolute Gasteiger partial charge is 1.00 e. The first kappa shape index (κ1) is 51.1. The molecule has 5 rings (SSSR count). The van der Waals surface area contributed by atoms with Crippen molar-refractivity contribution in [2.24, 2.45) is 0 Å². The van der Waals surface area contributed by atoms with Crippen molar-refractivity contribution in [3.8, 4) is 6.07 Å². The van der Waals surface area contributed by atoms with Crippen molar-refractivity contribution in [2.75, 3.05) is 78.5 Å². The third kappa shape index (κ3) is 28.1. The van der Waals surface area contributed by atoms with Crippen molar-refractivity contribution >= 4 is 32.1 Å². The van der Waals surface area contributed by atoms with Gasteiger partial charge in [-0.05, 0) is 22.3 Å². The van der Waals surface area contributed by atoms with Crippen LogP contribution in [0.2, 0.25) is 0 Å². The first-order valence-corrected chi connectivity index (χ1v) is 21.3. The SMILES string of the molecule is C(=C\c1ccccc1)/CN1CCN(C/C=C/c2ccccc2)CCN(C/C=C/c2ccccc2)CCN(C/C=C/c2ccccc2)CC1.CC#N.F[P-](F)(F)(F)(F)F.[Ag+]. The number of benzene rings is 4. The Balaban J connectivity index is 0.000000976. The minimum absolute atomic E-state index is 0. The van der Waals surface area contributed by atoms with Gasteiger partial charge in [0, 0.05) is 85.5 Å². The summed E-state index contributed by atoms with van der Waals surface area (Å²) in [5.41, 5.74) is 5.03. The Hall–Kier alpha value is -4.08. The molecule has 1 heterocycles. The molecule has 0 aliphatic carbocycles. The van der Waals surface area contributed by atoms with Crippen LogP contribution in [0.5, 0.6) is 0 Å². The van der Waals surface area contributed by atoms with E-state index < -0.39 is 7.81 Å². The van der Waals surface area contributed by atoms with E-state index in [1.165, 1.54) is 29.2 Å². The maximum Gasteiger partial charge on any atom is 1.00 e. The van der Waals surface area contributed by atoms with E-state index in [4.69, 9.17) is 5.26 Å². The molecule has 0 amide bonds. The van der Waals surface area contributed by atoms with E-state index in [-0.39, 0.29) is 22.4 Å². The molecule has 59 heavy (non-hydrogen) atoms. The number of hydrogen-bond donors (Lipinski definition) is 0. The molecule has 1 aliphatic heterocycles. The average molecular weight is 931 g/mol. The van der Waals surface area contributed by atoms with Gasteiger partial charge in [0.15, 0.2) is 0 Å². The first-order valence-electron chi connectivity index (χ1n) is 19.3. The van der Waals surface area contributed by atoms with Crippen LogP contribution in [0.4, 0.5) is 25.2 Å². The van der Waals surface area contributed by atoms with E-state index >= 15 is 0 Å². The topological polar surface area (TPSA) is 36.8 Å². The molecule has 1 aliphatic rings. The summed E-state index contributed by atoms with van der Waals surface area (Å²) in [6.45, 7) is 13.6. The third-order valence-corrected chi connectivity index (χ3v) is 8.82. The summed E-state index contributed by atoms with van der Waals surface area (Å²) in [6, 6.07) is 44.4. The van der Waals surface area contributed by atoms with Crippen LogP contribution >= 0.6 is 7.81 Å². The molecule has 4 aromatic rings. The zero-order valence-electron chi connectivity index (χ0n) is 33.4. The fourth-order valence-corrected chi connectivity index (χ4v) is 5.92. The predicted molar refractivity (Wildman–Crippen MR) is 233 cm³/mol. The van der Waals surface area contributed by atoms with Crippen molar-refractivity contribution in [3.63, 3.8) is 0 Å². The van der Waals surface area contributed by atoms with E-state index in [0.29, 0.717) is 0 Å². The Labute approximate surface area is 362 Å². The molecule has 0 bridgehead atoms. The van der Waals surface area contributed by atoms with E-state index in [1.807, 2.05) is 0 Å². The Bertz CT molecular complexity index is 1610. The molecule has 0 aromatic heterocycles. The summed E-state index contributed by atoms with van der Waals surface area (Å²) in [6.07, 6.45) is 18.4. The number of nitriles is 1. The Morgan fingerprint density at radius 3 is 0.729 bits per heavy atom. The fourth-order valence-electron chi connectivity index (χ4n) is 5.92. The monoisotopic (exact) mass is 929 g/mol. The van der Waals surface area contributed by atoms with Gasteiger partial charge in [0.05, 0.1) is 6.07 Å². The second-order valence-corrected chi connectivity index (χ2v) is 15.6. The van der Waals surface area contributed by atoms with Gasteiger partial charge < -0.3 is 0 Å². The molecule has 322 valence electrons. The zero-order chi connectivity index (χ0) is 42.0. The molecular weight excluding hydrogens is 875 g/mol. The van der Waals surface area contributed by atoms with Crippen LogP contribution in [-0.4, -0.2) is 98.1 Å². The summed E-state index contributed by atoms with van der Waals surface area (Å²) >= 11 is 0. The molecule has 0 N–H and O–H groups in total. The van der Waals surface area contributed by atoms with Gasteiger partial charge in [0.1, 0.15) is 0 Å². The van der Waals surface area contributed by atoms with Gasteiger partial charge in [-0.3, -0.25) is 19.6 Å². The minimum Gasteiger partial charge on any atom is 1.00 e. The van der Waals surface area contributed by atoms with E-state index in [0.717, 1.165) is 78.5 Å². The molecule has 1 fully saturated rings. The third-order valence-electron chi connectivity index (χ3n) is 8.82. The fraction of sp³-hybridized carbons (Fsp3) is 0.283. The number of rotatable bonds is 12. The van der Waals surface area contributed by atoms with Gasteiger partial charge in [-0.2, -0.15) is 5.26 Å². The van der Waals surface area contributed by atoms with Gasteiger partial charge in [0.25, 0.3) is 0 Å². The van der Waals surface area contributed by atoms with Crippen LogP contribution < -0.4 is 0 Å². The standard InChI is InChI=1S/C44H52N4.C2H3N.Ag.F6P/c1-5-17-41(18-6-1)25-13-29-45-33-35-46(30-14-26-42-19-7-2-8-20-42)37-39-48(32-16-28-44-23-11-4-12-24-44)40-38-47(36-34-45)31-15-27-43-21-9-3-10-22-43;1-2-3;;1-7(2,3,4,5)6/h1-28H,29-40H2;1H3;;/q;;+1;-1/b25-13+,26-14+,27-15+,28-16+;;;. The van der Waals surface area contributed by atoms with Crippen molar-refractivity contribution in [2.45, 2.75) is 6.92 Å². The average Bonchev–Trinajstić information content (AvgIpc) is 3.19. The Morgan fingerprint density at radius 2 is 0.576 bits per heavy atom. The Kier molecular flexibility index (Phi) is 22.7. The number of halogens is 6. The second-order valence-electron chi connectivity index (χ2n) is 13.6. The molecule has 0 spiro atoms. The molecule has 5 nitrogen and oxygen atoms in total. The Morgan fingerprint density at radius 1 is 0.424 bits per heavy atom. The summed E-state index contributed by atoms with van der Waals surface area (Å²) in [5.74, 6) is 0. The van der Waals surface area contributed by atoms with Crippen molar-refractivity contribution in [1.29, 1.82) is 5.26 Å². The summed E-state index contributed by atoms with van der Waals surface area (Å²) in [7, 11) is -10.7. The second kappa shape index (κ2) is 26.2. The minimum atomic E-state index is -10.7. The summed E-state index contributed by atoms with van der Waals surface area (Å²) in [4.78, 5) is 10.5. The summed E-state index contributed by atoms with van der Waals surface area (Å²) < 4.78 is 59.2. The van der Waals surface area contributed by atoms with Crippen molar-refractivity contribution < 1.29 is 47.6 Å². The van der Waals surface area contributed by atoms with Gasteiger partial charge >= 0.3 is 55.4 Å². The van der Waals surface area contributed by atoms with Crippen LogP contribution in [0.3, 0.4) is 0 Å². The molecule has 0 atom stereocenters. The van der Waals surface area contributed by atoms with Crippen molar-refractivity contribution in [3.05, 3.63) is 168 Å². The van der Waals surface area contributed by atoms with Crippen LogP contribution in [0.1, 0.15) is 29.2 Å². The molecular formula is C46H55AgF6N5P. The van der Waals surface area contributed by atoms with Gasteiger partial charge in [0.2, 0.25) is 0 Å². The quantitative estimate of drug-likeness (QED) is 0.0804. The maximum atomic E-state index is 9.87. The molecule has 1 saturated heterocycles. The predicted octanol–water partition coefficient (Wildman–Crippen LogP) is 12.0. The summed E-state index contributed by atoms with van der Waals surface area (Å²) in [5, 5.41) is 7.32. The van der Waals surface area contributed by atoms with Gasteiger partial charge in [-0.1, -0.05) is 170 Å². The van der Waals surface area contributed by atoms with Crippen LogP contribution in [-0.2, 0) is 22.4 Å². The van der Waals surface area contributed by atoms with E-state index in [1.54, 1.807) is 6.07 Å². The number of hydrogen-bond acceptors (Lipinski definition) is 5. The molecule has 0 radical (unpaired) electrons. The van der Waals surface area contributed by atoms with E-state index in [9.17, 15) is 25.2 Å². The normalized spacial score (nSPS) is 16.7. The first-order chi connectivity index (χ1) is 27.7. The molecule has 13 heteroatoms. The van der Waals surface area contributed by atoms with Gasteiger partial charge in [-0.15, -0.1) is 0 Å². The zero-order valence-corrected chi connectivity index (χ0v) is 35.8. The number of nitrogens with zero attached hydrogens (tertiary/aromatic N) is 5. The maximum absolute atomic E-state index is 10.7. The van der Waals surface area contributed by atoms with Crippen LogP contribution in [0, 0.1) is 11.3 Å². The van der Waals surface area contributed by atoms with Crippen LogP contribution in [0.15, 0.2) is 146 Å². The molecule has 4 aromatic carbocycles. The molecule has 0 unspecified atom stereocenters. The van der Waals surface area contributed by atoms with E-state index in [2.05, 4.69) is 190 Å². The molecule has 0 saturated carbocycles. The van der Waals surface area contributed by atoms with Gasteiger partial charge in [-0.25, -0.2) is 0 Å².